The molecular weight excluding hydrogens is 657 g/mol. The Morgan fingerprint density at radius 1 is 0.943 bits per heavy atom. The quantitative estimate of drug-likeness (QED) is 0.158. The predicted molar refractivity (Wildman–Crippen MR) is 239 cm³/mol. The van der Waals surface area contributed by atoms with Gasteiger partial charge in [0, 0.05) is 19.9 Å². The minimum absolute atomic E-state index is 0.157. The van der Waals surface area contributed by atoms with Gasteiger partial charge in [-0.25, -0.2) is 0 Å². The maximum absolute atomic E-state index is 8.00. The molecular formula is C47H76N2O4. The van der Waals surface area contributed by atoms with Crippen molar-refractivity contribution >= 4 is 24.9 Å². The van der Waals surface area contributed by atoms with E-state index in [-0.39, 0.29) is 6.10 Å². The van der Waals surface area contributed by atoms with Gasteiger partial charge in [0.2, 0.25) is 0 Å². The number of rotatable bonds is 8. The van der Waals surface area contributed by atoms with Gasteiger partial charge in [0.1, 0.15) is 6.79 Å². The minimum Gasteiger partial charge on any atom is -0.516 e. The number of aliphatic hydroxyl groups excluding tert-OH is 2. The van der Waals surface area contributed by atoms with Gasteiger partial charge in [-0.2, -0.15) is 0 Å². The second-order valence-corrected chi connectivity index (χ2v) is 11.1. The Bertz CT molecular complexity index is 1250. The fourth-order valence-electron chi connectivity index (χ4n) is 4.81. The first-order chi connectivity index (χ1) is 25.7. The van der Waals surface area contributed by atoms with Crippen LogP contribution in [0, 0.1) is 6.92 Å². The smallest absolute Gasteiger partial charge is 0.106 e. The summed E-state index contributed by atoms with van der Waals surface area (Å²) in [6.45, 7) is 34.9. The van der Waals surface area contributed by atoms with E-state index in [1.807, 2.05) is 57.9 Å². The van der Waals surface area contributed by atoms with Crippen LogP contribution in [0.25, 0.3) is 0 Å². The summed E-state index contributed by atoms with van der Waals surface area (Å²) in [5.41, 5.74) is 8.42. The number of carbonyl (C=O) groups is 1. The summed E-state index contributed by atoms with van der Waals surface area (Å²) in [4.78, 5) is 16.0. The molecule has 0 heterocycles. The molecule has 0 aromatic heterocycles. The van der Waals surface area contributed by atoms with Gasteiger partial charge in [-0.3, -0.25) is 4.99 Å². The highest BCUT2D eigenvalue weighted by Gasteiger charge is 2.19. The van der Waals surface area contributed by atoms with Crippen molar-refractivity contribution in [3.63, 3.8) is 0 Å². The second-order valence-electron chi connectivity index (χ2n) is 11.1. The molecule has 1 unspecified atom stereocenters. The van der Waals surface area contributed by atoms with Crippen LogP contribution >= 0.6 is 0 Å². The van der Waals surface area contributed by atoms with E-state index in [9.17, 15) is 0 Å². The molecule has 3 rings (SSSR count). The topological polar surface area (TPSA) is 91.5 Å². The summed E-state index contributed by atoms with van der Waals surface area (Å²) >= 11 is 0. The fourth-order valence-corrected chi connectivity index (χ4v) is 4.81. The van der Waals surface area contributed by atoms with Gasteiger partial charge in [0.15, 0.2) is 0 Å². The first kappa shape index (κ1) is 57.9. The minimum atomic E-state index is 0.157. The van der Waals surface area contributed by atoms with Crippen LogP contribution in [-0.4, -0.2) is 49.7 Å². The van der Waals surface area contributed by atoms with E-state index >= 15 is 0 Å². The maximum Gasteiger partial charge on any atom is 0.106 e. The van der Waals surface area contributed by atoms with E-state index in [4.69, 9.17) is 24.7 Å². The molecule has 1 saturated carbocycles. The number of allylic oxidation sites excluding steroid dienone is 13. The first-order valence-electron chi connectivity index (χ1n) is 18.6. The van der Waals surface area contributed by atoms with E-state index in [0.29, 0.717) is 6.10 Å². The molecule has 6 nitrogen and oxygen atoms in total. The molecule has 53 heavy (non-hydrogen) atoms. The summed E-state index contributed by atoms with van der Waals surface area (Å²) in [6.07, 6.45) is 31.8. The lowest BCUT2D eigenvalue weighted by atomic mass is 9.97. The van der Waals surface area contributed by atoms with Crippen LogP contribution in [0.5, 0.6) is 0 Å². The fraction of sp³-hybridized carbons (Fsp3) is 0.426. The largest absolute Gasteiger partial charge is 0.516 e. The van der Waals surface area contributed by atoms with Crippen molar-refractivity contribution in [3.05, 3.63) is 139 Å². The second kappa shape index (κ2) is 45.6. The van der Waals surface area contributed by atoms with Gasteiger partial charge >= 0.3 is 0 Å². The highest BCUT2D eigenvalue weighted by atomic mass is 16.5. The average molecular weight is 733 g/mol. The third kappa shape index (κ3) is 33.2. The van der Waals surface area contributed by atoms with Crippen molar-refractivity contribution < 1.29 is 19.7 Å². The van der Waals surface area contributed by atoms with Gasteiger partial charge in [0.25, 0.3) is 0 Å². The van der Waals surface area contributed by atoms with E-state index < -0.39 is 0 Å². The van der Waals surface area contributed by atoms with Crippen LogP contribution in [0.1, 0.15) is 117 Å². The van der Waals surface area contributed by atoms with Gasteiger partial charge < -0.3 is 24.7 Å². The van der Waals surface area contributed by atoms with Crippen LogP contribution < -0.4 is 0 Å². The van der Waals surface area contributed by atoms with E-state index in [0.717, 1.165) is 43.9 Å². The summed E-state index contributed by atoms with van der Waals surface area (Å²) in [5.74, 6) is 0. The van der Waals surface area contributed by atoms with Gasteiger partial charge in [-0.1, -0.05) is 145 Å². The molecule has 0 aliphatic heterocycles. The Hall–Kier alpha value is -4.39. The Balaban J connectivity index is -0.000000220. The van der Waals surface area contributed by atoms with Gasteiger partial charge in [-0.05, 0) is 88.4 Å². The molecule has 6 heteroatoms. The zero-order valence-electron chi connectivity index (χ0n) is 35.2. The molecule has 2 N–H and O–H groups in total. The summed E-state index contributed by atoms with van der Waals surface area (Å²) < 4.78 is 6.32. The Morgan fingerprint density at radius 3 is 1.91 bits per heavy atom. The molecule has 0 bridgehead atoms. The lowest BCUT2D eigenvalue weighted by Crippen LogP contribution is -2.19. The molecule has 2 aliphatic rings. The van der Waals surface area contributed by atoms with Crippen molar-refractivity contribution in [2.24, 2.45) is 9.98 Å². The number of aliphatic imine (C=N–C) groups is 2. The van der Waals surface area contributed by atoms with E-state index in [2.05, 4.69) is 121 Å². The van der Waals surface area contributed by atoms with E-state index in [1.54, 1.807) is 7.05 Å². The normalized spacial score (nSPS) is 18.0. The third-order valence-corrected chi connectivity index (χ3v) is 7.18. The predicted octanol–water partition coefficient (Wildman–Crippen LogP) is 13.6. The first-order valence-corrected chi connectivity index (χ1v) is 18.6. The molecule has 2 aliphatic carbocycles. The Labute approximate surface area is 326 Å². The lowest BCUT2D eigenvalue weighted by molar-refractivity contribution is -0.0980. The monoisotopic (exact) mass is 733 g/mol. The average Bonchev–Trinajstić information content (AvgIpc) is 3.17. The highest BCUT2D eigenvalue weighted by Crippen LogP contribution is 2.32. The van der Waals surface area contributed by atoms with Gasteiger partial charge in [0.05, 0.1) is 24.2 Å². The van der Waals surface area contributed by atoms with Crippen molar-refractivity contribution in [1.29, 1.82) is 0 Å². The van der Waals surface area contributed by atoms with Crippen LogP contribution in [0.2, 0.25) is 0 Å². The van der Waals surface area contributed by atoms with Crippen LogP contribution in [0.15, 0.2) is 138 Å². The molecule has 0 saturated heterocycles. The molecule has 0 amide bonds. The number of hydrogen-bond donors (Lipinski definition) is 2. The molecule has 1 atom stereocenters. The molecule has 0 radical (unpaired) electrons. The van der Waals surface area contributed by atoms with Crippen LogP contribution in [0.4, 0.5) is 5.69 Å². The molecule has 1 fully saturated rings. The van der Waals surface area contributed by atoms with Gasteiger partial charge in [-0.15, -0.1) is 13.2 Å². The zero-order chi connectivity index (χ0) is 41.9. The Morgan fingerprint density at radius 2 is 1.43 bits per heavy atom. The lowest BCUT2D eigenvalue weighted by Gasteiger charge is -2.27. The standard InChI is InChI=1S/C20H31NO.C17H20.C2H5N.C2H4O.C2H6.C2H4.CH4O.CH2O/c1-5-10-15(2)21-20-14-9-13-19(16(20)3)17(4)22-18-11-7-6-8-12-18;1-4-16-11-9-7-5-6-8-10-12-17(14-13-16)15(2)3;1-3-2;1-2-3;4*1-2/h9,13-14,17-18H,5-8,10-12H2,1-4H3;5-14H,2,4H2,1,3H3;1H2,2H3;2-3H,1H2;1-2H3;1-2H2;2H,1H3;1H2/b;6-5+,7-5?,8-6?,9-7+,10-8-,11-9?,12-10?,14-13-,16-11-,16-13?,17-12+,17-14?;;;;;;. The number of nitrogens with zero attached hydrogens (tertiary/aromatic N) is 2. The number of benzene rings is 1. The number of aliphatic hydroxyl groups is 2. The molecule has 1 aromatic rings. The van der Waals surface area contributed by atoms with Crippen molar-refractivity contribution in [3.8, 4) is 0 Å². The highest BCUT2D eigenvalue weighted by molar-refractivity contribution is 5.85. The van der Waals surface area contributed by atoms with Crippen LogP contribution in [-0.2, 0) is 9.53 Å². The SMILES string of the molecule is C=C.C=C(C)C1=C/C=C\C=C\C=C\C=C(CC)/C=C\1.C=CO.C=NC.C=O.CC.CCCC(C)=Nc1cccc(C(C)OC2CCCCC2)c1C.CO. The number of hydrogen-bond acceptors (Lipinski definition) is 6. The molecule has 298 valence electrons. The van der Waals surface area contributed by atoms with E-state index in [1.165, 1.54) is 60.1 Å². The number of carbonyl (C=O) groups excluding carboxylic acids is 1. The van der Waals surface area contributed by atoms with Crippen molar-refractivity contribution in [2.45, 2.75) is 119 Å². The summed E-state index contributed by atoms with van der Waals surface area (Å²) in [5, 5.41) is 14.3. The van der Waals surface area contributed by atoms with Crippen LogP contribution in [0.3, 0.4) is 0 Å². The summed E-state index contributed by atoms with van der Waals surface area (Å²) in [6, 6.07) is 6.42. The zero-order valence-corrected chi connectivity index (χ0v) is 35.2. The molecule has 0 spiro atoms. The number of ether oxygens (including phenoxy) is 1. The van der Waals surface area contributed by atoms with Crippen molar-refractivity contribution in [1.82, 2.24) is 0 Å². The molecule has 1 aromatic carbocycles. The Kier molecular flexibility index (Phi) is 49.9. The maximum atomic E-state index is 8.00. The third-order valence-electron chi connectivity index (χ3n) is 7.18. The van der Waals surface area contributed by atoms with Crippen molar-refractivity contribution in [2.75, 3.05) is 14.2 Å². The summed E-state index contributed by atoms with van der Waals surface area (Å²) in [7, 11) is 2.64.